The zero-order chi connectivity index (χ0) is 17.2. The van der Waals surface area contributed by atoms with E-state index >= 15 is 0 Å². The lowest BCUT2D eigenvalue weighted by atomic mass is 10.2. The Morgan fingerprint density at radius 3 is 2.64 bits per heavy atom. The topological polar surface area (TPSA) is 48.5 Å². The van der Waals surface area contributed by atoms with Gasteiger partial charge in [-0.05, 0) is 49.6 Å². The van der Waals surface area contributed by atoms with Crippen LogP contribution < -0.4 is 10.2 Å². The molecular formula is C20H24N4O. The number of hydrogen-bond donors (Lipinski definition) is 1. The summed E-state index contributed by atoms with van der Waals surface area (Å²) in [6.07, 6.45) is 4.15. The van der Waals surface area contributed by atoms with E-state index in [2.05, 4.69) is 46.4 Å². The van der Waals surface area contributed by atoms with Gasteiger partial charge in [-0.1, -0.05) is 12.1 Å². The Morgan fingerprint density at radius 2 is 1.92 bits per heavy atom. The Hall–Kier alpha value is -2.56. The maximum atomic E-state index is 12.8. The molecule has 2 heterocycles. The number of nitrogens with one attached hydrogen (secondary N) is 1. The summed E-state index contributed by atoms with van der Waals surface area (Å²) in [6.45, 7) is 5.28. The maximum absolute atomic E-state index is 12.8. The Bertz CT molecular complexity index is 764. The predicted octanol–water partition coefficient (Wildman–Crippen LogP) is 2.93. The predicted molar refractivity (Wildman–Crippen MR) is 100 cm³/mol. The van der Waals surface area contributed by atoms with Gasteiger partial charge in [0.25, 0.3) is 5.91 Å². The molecule has 0 bridgehead atoms. The van der Waals surface area contributed by atoms with Crippen LogP contribution in [0.25, 0.3) is 0 Å². The van der Waals surface area contributed by atoms with Gasteiger partial charge in [-0.2, -0.15) is 0 Å². The highest BCUT2D eigenvalue weighted by Crippen LogP contribution is 2.25. The lowest BCUT2D eigenvalue weighted by molar-refractivity contribution is 0.0741. The van der Waals surface area contributed by atoms with Crippen LogP contribution >= 0.6 is 0 Å². The SMILES string of the molecule is Cc1cccc(N2CCN(C(=O)c3cc(NC4CC4)ccn3)CC2)c1. The first kappa shape index (κ1) is 15.9. The van der Waals surface area contributed by atoms with Crippen molar-refractivity contribution in [2.75, 3.05) is 36.4 Å². The van der Waals surface area contributed by atoms with E-state index in [-0.39, 0.29) is 5.91 Å². The molecule has 1 saturated heterocycles. The van der Waals surface area contributed by atoms with Gasteiger partial charge in [0.15, 0.2) is 0 Å². The molecule has 130 valence electrons. The summed E-state index contributed by atoms with van der Waals surface area (Å²) in [4.78, 5) is 21.3. The number of aryl methyl sites for hydroxylation is 1. The normalized spacial score (nSPS) is 17.5. The highest BCUT2D eigenvalue weighted by molar-refractivity contribution is 5.93. The van der Waals surface area contributed by atoms with Gasteiger partial charge in [-0.25, -0.2) is 0 Å². The van der Waals surface area contributed by atoms with Crippen LogP contribution in [-0.2, 0) is 0 Å². The third-order valence-electron chi connectivity index (χ3n) is 4.86. The van der Waals surface area contributed by atoms with Gasteiger partial charge in [-0.15, -0.1) is 0 Å². The van der Waals surface area contributed by atoms with Crippen LogP contribution in [0.1, 0.15) is 28.9 Å². The van der Waals surface area contributed by atoms with Crippen LogP contribution in [0.2, 0.25) is 0 Å². The van der Waals surface area contributed by atoms with Crippen molar-refractivity contribution in [1.82, 2.24) is 9.88 Å². The lowest BCUT2D eigenvalue weighted by Gasteiger charge is -2.36. The van der Waals surface area contributed by atoms with Crippen LogP contribution in [0.3, 0.4) is 0 Å². The monoisotopic (exact) mass is 336 g/mol. The molecular weight excluding hydrogens is 312 g/mol. The summed E-state index contributed by atoms with van der Waals surface area (Å²) >= 11 is 0. The molecule has 0 atom stereocenters. The Balaban J connectivity index is 1.39. The fourth-order valence-corrected chi connectivity index (χ4v) is 3.26. The fraction of sp³-hybridized carbons (Fsp3) is 0.400. The zero-order valence-electron chi connectivity index (χ0n) is 14.6. The molecule has 0 unspecified atom stereocenters. The van der Waals surface area contributed by atoms with E-state index in [1.807, 2.05) is 17.0 Å². The van der Waals surface area contributed by atoms with Gasteiger partial charge in [0.1, 0.15) is 5.69 Å². The summed E-state index contributed by atoms with van der Waals surface area (Å²) in [5.41, 5.74) is 4.04. The van der Waals surface area contributed by atoms with Crippen molar-refractivity contribution >= 4 is 17.3 Å². The minimum atomic E-state index is 0.0309. The summed E-state index contributed by atoms with van der Waals surface area (Å²) in [5.74, 6) is 0.0309. The number of benzene rings is 1. The molecule has 0 spiro atoms. The maximum Gasteiger partial charge on any atom is 0.272 e. The van der Waals surface area contributed by atoms with Crippen molar-refractivity contribution in [2.45, 2.75) is 25.8 Å². The van der Waals surface area contributed by atoms with E-state index in [9.17, 15) is 4.79 Å². The van der Waals surface area contributed by atoms with E-state index in [0.29, 0.717) is 11.7 Å². The number of amides is 1. The van der Waals surface area contributed by atoms with E-state index in [0.717, 1.165) is 31.9 Å². The standard InChI is InChI=1S/C20H24N4O/c1-15-3-2-4-18(13-15)23-9-11-24(12-10-23)20(25)19-14-17(7-8-21-19)22-16-5-6-16/h2-4,7-8,13-14,16H,5-6,9-12H2,1H3,(H,21,22). The van der Waals surface area contributed by atoms with Crippen molar-refractivity contribution in [2.24, 2.45) is 0 Å². The average Bonchev–Trinajstić information content (AvgIpc) is 3.45. The first-order chi connectivity index (χ1) is 12.2. The lowest BCUT2D eigenvalue weighted by Crippen LogP contribution is -2.49. The zero-order valence-corrected chi connectivity index (χ0v) is 14.6. The van der Waals surface area contributed by atoms with Crippen LogP contribution in [0, 0.1) is 6.92 Å². The van der Waals surface area contributed by atoms with Crippen molar-refractivity contribution in [3.63, 3.8) is 0 Å². The Morgan fingerprint density at radius 1 is 1.12 bits per heavy atom. The summed E-state index contributed by atoms with van der Waals surface area (Å²) in [5, 5.41) is 3.43. The van der Waals surface area contributed by atoms with Crippen LogP contribution in [0.5, 0.6) is 0 Å². The van der Waals surface area contributed by atoms with Crippen LogP contribution in [0.15, 0.2) is 42.6 Å². The molecule has 5 nitrogen and oxygen atoms in total. The molecule has 2 fully saturated rings. The molecule has 1 saturated carbocycles. The third-order valence-corrected chi connectivity index (χ3v) is 4.86. The number of pyridine rings is 1. The largest absolute Gasteiger partial charge is 0.382 e. The minimum absolute atomic E-state index is 0.0309. The van der Waals surface area contributed by atoms with Crippen molar-refractivity contribution in [1.29, 1.82) is 0 Å². The first-order valence-corrected chi connectivity index (χ1v) is 9.02. The summed E-state index contributed by atoms with van der Waals surface area (Å²) < 4.78 is 0. The van der Waals surface area contributed by atoms with Crippen molar-refractivity contribution in [3.05, 3.63) is 53.9 Å². The smallest absolute Gasteiger partial charge is 0.272 e. The third kappa shape index (κ3) is 3.76. The molecule has 5 heteroatoms. The molecule has 1 aliphatic carbocycles. The molecule has 2 aromatic rings. The quantitative estimate of drug-likeness (QED) is 0.933. The summed E-state index contributed by atoms with van der Waals surface area (Å²) in [7, 11) is 0. The number of nitrogens with zero attached hydrogens (tertiary/aromatic N) is 3. The number of rotatable bonds is 4. The molecule has 1 N–H and O–H groups in total. The Kier molecular flexibility index (Phi) is 4.30. The molecule has 2 aliphatic rings. The van der Waals surface area contributed by atoms with E-state index in [1.54, 1.807) is 6.20 Å². The molecule has 1 aromatic heterocycles. The van der Waals surface area contributed by atoms with Crippen molar-refractivity contribution < 1.29 is 4.79 Å². The van der Waals surface area contributed by atoms with E-state index in [1.165, 1.54) is 24.1 Å². The van der Waals surface area contributed by atoms with Crippen LogP contribution in [-0.4, -0.2) is 48.0 Å². The number of carbonyl (C=O) groups is 1. The van der Waals surface area contributed by atoms with Gasteiger partial charge >= 0.3 is 0 Å². The van der Waals surface area contributed by atoms with Crippen molar-refractivity contribution in [3.8, 4) is 0 Å². The van der Waals surface area contributed by atoms with Gasteiger partial charge in [0, 0.05) is 49.8 Å². The second kappa shape index (κ2) is 6.75. The first-order valence-electron chi connectivity index (χ1n) is 9.02. The molecule has 1 amide bonds. The Labute approximate surface area is 148 Å². The van der Waals surface area contributed by atoms with Crippen LogP contribution in [0.4, 0.5) is 11.4 Å². The number of piperazine rings is 1. The van der Waals surface area contributed by atoms with Gasteiger partial charge in [0.05, 0.1) is 0 Å². The average molecular weight is 336 g/mol. The van der Waals surface area contributed by atoms with Gasteiger partial charge in [-0.3, -0.25) is 9.78 Å². The fourth-order valence-electron chi connectivity index (χ4n) is 3.26. The second-order valence-corrected chi connectivity index (χ2v) is 6.97. The molecule has 0 radical (unpaired) electrons. The van der Waals surface area contributed by atoms with Gasteiger partial charge in [0.2, 0.25) is 0 Å². The van der Waals surface area contributed by atoms with Gasteiger partial charge < -0.3 is 15.1 Å². The molecule has 25 heavy (non-hydrogen) atoms. The number of hydrogen-bond acceptors (Lipinski definition) is 4. The second-order valence-electron chi connectivity index (χ2n) is 6.97. The number of aromatic nitrogens is 1. The molecule has 4 rings (SSSR count). The van der Waals surface area contributed by atoms with E-state index < -0.39 is 0 Å². The molecule has 1 aromatic carbocycles. The highest BCUT2D eigenvalue weighted by atomic mass is 16.2. The van der Waals surface area contributed by atoms with E-state index in [4.69, 9.17) is 0 Å². The minimum Gasteiger partial charge on any atom is -0.382 e. The molecule has 1 aliphatic heterocycles. The highest BCUT2D eigenvalue weighted by Gasteiger charge is 2.24. The summed E-state index contributed by atoms with van der Waals surface area (Å²) in [6, 6.07) is 12.9. The number of anilines is 2. The number of carbonyl (C=O) groups excluding carboxylic acids is 1.